The van der Waals surface area contributed by atoms with Gasteiger partial charge in [0.25, 0.3) is 0 Å². The summed E-state index contributed by atoms with van der Waals surface area (Å²) in [6, 6.07) is 0.114. The van der Waals surface area contributed by atoms with Crippen LogP contribution in [0.15, 0.2) is 12.7 Å². The average molecular weight is 269 g/mol. The Balaban J connectivity index is 1.99. The summed E-state index contributed by atoms with van der Waals surface area (Å²) >= 11 is 5.95. The number of rotatable bonds is 3. The third kappa shape index (κ3) is 1.60. The monoisotopic (exact) mass is 268 g/mol. The zero-order chi connectivity index (χ0) is 12.7. The standard InChI is InChI=1S/C11H13ClN4O2/c12-10-9-11(14-4-13-10)16(5-15-9)8-1-6(2-17)7(8)3-18/h4-8,17-18H,1-3H2/t6-,7-,8-/m1/s1. The van der Waals surface area contributed by atoms with Gasteiger partial charge in [-0.3, -0.25) is 0 Å². The number of aliphatic hydroxyl groups excluding tert-OH is 2. The SMILES string of the molecule is OC[C@H]1C[C@@H](n2cnc3c(Cl)ncnc32)[C@@H]1CO. The molecule has 1 aliphatic carbocycles. The van der Waals surface area contributed by atoms with Gasteiger partial charge in [0.1, 0.15) is 11.8 Å². The van der Waals surface area contributed by atoms with Crippen LogP contribution in [-0.4, -0.2) is 42.9 Å². The van der Waals surface area contributed by atoms with Crippen LogP contribution in [-0.2, 0) is 0 Å². The van der Waals surface area contributed by atoms with E-state index in [1.165, 1.54) is 6.33 Å². The maximum Gasteiger partial charge on any atom is 0.165 e. The lowest BCUT2D eigenvalue weighted by Gasteiger charge is -2.43. The minimum absolute atomic E-state index is 0.0427. The quantitative estimate of drug-likeness (QED) is 0.798. The summed E-state index contributed by atoms with van der Waals surface area (Å²) in [5.41, 5.74) is 1.25. The molecule has 7 heteroatoms. The molecule has 2 aromatic heterocycles. The van der Waals surface area contributed by atoms with Crippen LogP contribution in [0.1, 0.15) is 12.5 Å². The number of halogens is 1. The Bertz CT molecular complexity index is 573. The molecular weight excluding hydrogens is 256 g/mol. The predicted octanol–water partition coefficient (Wildman–Crippen LogP) is 0.641. The largest absolute Gasteiger partial charge is 0.396 e. The molecule has 0 saturated heterocycles. The van der Waals surface area contributed by atoms with Crippen LogP contribution in [0.2, 0.25) is 5.15 Å². The Morgan fingerprint density at radius 3 is 2.83 bits per heavy atom. The zero-order valence-corrected chi connectivity index (χ0v) is 10.3. The van der Waals surface area contributed by atoms with Crippen molar-refractivity contribution in [3.8, 4) is 0 Å². The number of hydrogen-bond donors (Lipinski definition) is 2. The Hall–Kier alpha value is -1.24. The molecule has 0 unspecified atom stereocenters. The van der Waals surface area contributed by atoms with E-state index < -0.39 is 0 Å². The Morgan fingerprint density at radius 1 is 1.28 bits per heavy atom. The second-order valence-electron chi connectivity index (χ2n) is 4.58. The molecule has 0 spiro atoms. The van der Waals surface area contributed by atoms with Crippen LogP contribution in [0.25, 0.3) is 11.2 Å². The minimum Gasteiger partial charge on any atom is -0.396 e. The molecule has 6 nitrogen and oxygen atoms in total. The topological polar surface area (TPSA) is 84.1 Å². The number of nitrogens with zero attached hydrogens (tertiary/aromatic N) is 4. The Kier molecular flexibility index (Phi) is 2.93. The zero-order valence-electron chi connectivity index (χ0n) is 9.57. The van der Waals surface area contributed by atoms with E-state index in [0.717, 1.165) is 6.42 Å². The Labute approximate surface area is 108 Å². The molecule has 3 rings (SSSR count). The van der Waals surface area contributed by atoms with E-state index in [1.54, 1.807) is 6.33 Å². The fourth-order valence-electron chi connectivity index (χ4n) is 2.64. The molecule has 1 fully saturated rings. The fraction of sp³-hybridized carbons (Fsp3) is 0.545. The number of aliphatic hydroxyl groups is 2. The van der Waals surface area contributed by atoms with Crippen LogP contribution < -0.4 is 0 Å². The summed E-state index contributed by atoms with van der Waals surface area (Å²) in [5.74, 6) is 0.191. The molecular formula is C11H13ClN4O2. The van der Waals surface area contributed by atoms with E-state index in [0.29, 0.717) is 16.3 Å². The molecule has 0 radical (unpaired) electrons. The Morgan fingerprint density at radius 2 is 2.11 bits per heavy atom. The van der Waals surface area contributed by atoms with Gasteiger partial charge in [-0.05, 0) is 12.3 Å². The molecule has 1 aliphatic rings. The molecule has 1 saturated carbocycles. The fourth-order valence-corrected chi connectivity index (χ4v) is 2.82. The first-order valence-electron chi connectivity index (χ1n) is 5.81. The van der Waals surface area contributed by atoms with E-state index in [1.807, 2.05) is 4.57 Å². The summed E-state index contributed by atoms with van der Waals surface area (Å²) in [5, 5.41) is 18.9. The van der Waals surface area contributed by atoms with Gasteiger partial charge in [0.2, 0.25) is 0 Å². The minimum atomic E-state index is 0.0427. The first kappa shape index (κ1) is 11.8. The molecule has 2 heterocycles. The van der Waals surface area contributed by atoms with Gasteiger partial charge < -0.3 is 14.8 Å². The second-order valence-corrected chi connectivity index (χ2v) is 4.94. The highest BCUT2D eigenvalue weighted by Gasteiger charge is 2.41. The van der Waals surface area contributed by atoms with Crippen molar-refractivity contribution in [3.05, 3.63) is 17.8 Å². The van der Waals surface area contributed by atoms with Gasteiger partial charge >= 0.3 is 0 Å². The van der Waals surface area contributed by atoms with Crippen molar-refractivity contribution in [3.63, 3.8) is 0 Å². The van der Waals surface area contributed by atoms with E-state index in [2.05, 4.69) is 15.0 Å². The molecule has 0 aliphatic heterocycles. The van der Waals surface area contributed by atoms with Crippen molar-refractivity contribution < 1.29 is 10.2 Å². The first-order valence-corrected chi connectivity index (χ1v) is 6.18. The van der Waals surface area contributed by atoms with Gasteiger partial charge in [0.05, 0.1) is 6.33 Å². The summed E-state index contributed by atoms with van der Waals surface area (Å²) in [6.45, 7) is 0.151. The summed E-state index contributed by atoms with van der Waals surface area (Å²) in [7, 11) is 0. The van der Waals surface area contributed by atoms with Gasteiger partial charge in [-0.15, -0.1) is 0 Å². The second kappa shape index (κ2) is 4.46. The van der Waals surface area contributed by atoms with E-state index in [4.69, 9.17) is 11.6 Å². The van der Waals surface area contributed by atoms with E-state index in [9.17, 15) is 10.2 Å². The highest BCUT2D eigenvalue weighted by molar-refractivity contribution is 6.33. The molecule has 0 aromatic carbocycles. The molecule has 0 bridgehead atoms. The highest BCUT2D eigenvalue weighted by atomic mass is 35.5. The molecule has 96 valence electrons. The maximum atomic E-state index is 9.38. The van der Waals surface area contributed by atoms with Gasteiger partial charge in [0.15, 0.2) is 10.8 Å². The number of aromatic nitrogens is 4. The molecule has 2 aromatic rings. The van der Waals surface area contributed by atoms with Crippen molar-refractivity contribution in [1.82, 2.24) is 19.5 Å². The van der Waals surface area contributed by atoms with Gasteiger partial charge in [-0.1, -0.05) is 11.6 Å². The smallest absolute Gasteiger partial charge is 0.165 e. The van der Waals surface area contributed by atoms with Crippen LogP contribution in [0.3, 0.4) is 0 Å². The third-order valence-corrected chi connectivity index (χ3v) is 4.04. The summed E-state index contributed by atoms with van der Waals surface area (Å²) < 4.78 is 1.91. The lowest BCUT2D eigenvalue weighted by Crippen LogP contribution is -2.42. The highest BCUT2D eigenvalue weighted by Crippen LogP contribution is 2.44. The maximum absolute atomic E-state index is 9.38. The van der Waals surface area contributed by atoms with Crippen molar-refractivity contribution >= 4 is 22.8 Å². The van der Waals surface area contributed by atoms with Gasteiger partial charge in [-0.25, -0.2) is 15.0 Å². The van der Waals surface area contributed by atoms with E-state index in [-0.39, 0.29) is 31.1 Å². The van der Waals surface area contributed by atoms with E-state index >= 15 is 0 Å². The molecule has 3 atom stereocenters. The van der Waals surface area contributed by atoms with Crippen LogP contribution >= 0.6 is 11.6 Å². The molecule has 2 N–H and O–H groups in total. The lowest BCUT2D eigenvalue weighted by molar-refractivity contribution is -0.00529. The van der Waals surface area contributed by atoms with Crippen molar-refractivity contribution in [2.75, 3.05) is 13.2 Å². The predicted molar refractivity (Wildman–Crippen MR) is 65.1 cm³/mol. The summed E-state index contributed by atoms with van der Waals surface area (Å²) in [6.07, 6.45) is 3.89. The van der Waals surface area contributed by atoms with Crippen LogP contribution in [0.5, 0.6) is 0 Å². The normalized spacial score (nSPS) is 27.4. The van der Waals surface area contributed by atoms with Crippen molar-refractivity contribution in [1.29, 1.82) is 0 Å². The molecule has 18 heavy (non-hydrogen) atoms. The van der Waals surface area contributed by atoms with Crippen molar-refractivity contribution in [2.45, 2.75) is 12.5 Å². The van der Waals surface area contributed by atoms with Gasteiger partial charge in [-0.2, -0.15) is 0 Å². The van der Waals surface area contributed by atoms with Crippen LogP contribution in [0.4, 0.5) is 0 Å². The third-order valence-electron chi connectivity index (χ3n) is 3.76. The number of hydrogen-bond acceptors (Lipinski definition) is 5. The lowest BCUT2D eigenvalue weighted by atomic mass is 9.70. The summed E-state index contributed by atoms with van der Waals surface area (Å²) in [4.78, 5) is 12.3. The number of fused-ring (bicyclic) bond motifs is 1. The van der Waals surface area contributed by atoms with Crippen LogP contribution in [0, 0.1) is 11.8 Å². The van der Waals surface area contributed by atoms with Crippen molar-refractivity contribution in [2.24, 2.45) is 11.8 Å². The first-order chi connectivity index (χ1) is 8.76. The van der Waals surface area contributed by atoms with Gasteiger partial charge in [0, 0.05) is 25.2 Å². The average Bonchev–Trinajstić information content (AvgIpc) is 2.75. The molecule has 0 amide bonds. The number of imidazole rings is 1.